The van der Waals surface area contributed by atoms with Gasteiger partial charge in [-0.15, -0.1) is 0 Å². The molecule has 0 aliphatic heterocycles. The maximum atomic E-state index is 11.6. The van der Waals surface area contributed by atoms with Crippen LogP contribution in [0.5, 0.6) is 0 Å². The molecule has 0 saturated carbocycles. The van der Waals surface area contributed by atoms with Crippen molar-refractivity contribution < 1.29 is 13.5 Å². The van der Waals surface area contributed by atoms with Gasteiger partial charge in [-0.3, -0.25) is 0 Å². The van der Waals surface area contributed by atoms with E-state index in [9.17, 15) is 8.42 Å². The molecule has 0 atom stereocenters. The Morgan fingerprint density at radius 3 is 2.50 bits per heavy atom. The number of benzene rings is 1. The lowest BCUT2D eigenvalue weighted by Crippen LogP contribution is -2.26. The monoisotopic (exact) mass is 258 g/mol. The van der Waals surface area contributed by atoms with Gasteiger partial charge in [-0.25, -0.2) is 13.1 Å². The van der Waals surface area contributed by atoms with E-state index in [1.54, 1.807) is 0 Å². The van der Waals surface area contributed by atoms with Gasteiger partial charge in [-0.1, -0.05) is 0 Å². The first-order valence-corrected chi connectivity index (χ1v) is 6.28. The molecule has 0 amide bonds. The van der Waals surface area contributed by atoms with Gasteiger partial charge >= 0.3 is 0 Å². The maximum Gasteiger partial charge on any atom is 0.240 e. The molecule has 0 aliphatic rings. The van der Waals surface area contributed by atoms with Crippen LogP contribution in [0.3, 0.4) is 0 Å². The van der Waals surface area contributed by atoms with Crippen molar-refractivity contribution in [3.63, 3.8) is 0 Å². The summed E-state index contributed by atoms with van der Waals surface area (Å²) >= 11 is 4.42. The predicted molar refractivity (Wildman–Crippen MR) is 63.4 cm³/mol. The Kier molecular flexibility index (Phi) is 4.72. The molecule has 0 radical (unpaired) electrons. The van der Waals surface area contributed by atoms with Crippen LogP contribution in [0.15, 0.2) is 34.2 Å². The second-order valence-corrected chi connectivity index (χ2v) is 4.77. The summed E-state index contributed by atoms with van der Waals surface area (Å²) in [5.74, 6) is 0. The molecule has 1 rings (SSSR count). The molecule has 86 valence electrons. The first-order chi connectivity index (χ1) is 7.60. The Balaban J connectivity index is 2.92. The number of hydrogen-bond acceptors (Lipinski definition) is 5. The van der Waals surface area contributed by atoms with E-state index in [1.165, 1.54) is 24.3 Å². The molecule has 1 aromatic carbocycles. The molecule has 0 aliphatic carbocycles. The third-order valence-corrected chi connectivity index (χ3v) is 3.29. The third-order valence-electron chi connectivity index (χ3n) is 1.73. The van der Waals surface area contributed by atoms with Gasteiger partial charge in [0.15, 0.2) is 0 Å². The highest BCUT2D eigenvalue weighted by Crippen LogP contribution is 2.15. The van der Waals surface area contributed by atoms with Crippen LogP contribution in [-0.2, 0) is 10.0 Å². The summed E-state index contributed by atoms with van der Waals surface area (Å²) in [6.45, 7) is -0.255. The predicted octanol–water partition coefficient (Wildman–Crippen LogP) is 0.692. The lowest BCUT2D eigenvalue weighted by atomic mass is 10.3. The largest absolute Gasteiger partial charge is 0.395 e. The van der Waals surface area contributed by atoms with Gasteiger partial charge in [0.1, 0.15) is 0 Å². The zero-order valence-electron chi connectivity index (χ0n) is 8.25. The van der Waals surface area contributed by atoms with Gasteiger partial charge in [0, 0.05) is 6.54 Å². The van der Waals surface area contributed by atoms with E-state index in [4.69, 9.17) is 5.11 Å². The zero-order valence-corrected chi connectivity index (χ0v) is 9.88. The molecular weight excluding hydrogens is 248 g/mol. The molecule has 0 heterocycles. The number of nitrogens with one attached hydrogen (secondary N) is 1. The Labute approximate surface area is 98.9 Å². The second kappa shape index (κ2) is 5.83. The highest BCUT2D eigenvalue weighted by molar-refractivity contribution is 7.89. The summed E-state index contributed by atoms with van der Waals surface area (Å²) in [6, 6.07) is 5.86. The summed E-state index contributed by atoms with van der Waals surface area (Å²) in [4.78, 5) is 3.82. The molecule has 2 N–H and O–H groups in total. The number of sulfonamides is 1. The molecule has 0 unspecified atom stereocenters. The number of isothiocyanates is 1. The van der Waals surface area contributed by atoms with Crippen molar-refractivity contribution in [2.75, 3.05) is 13.2 Å². The number of rotatable bonds is 5. The molecule has 5 nitrogen and oxygen atoms in total. The molecular formula is C9H10N2O3S2. The summed E-state index contributed by atoms with van der Waals surface area (Å²) in [5.41, 5.74) is 0.538. The van der Waals surface area contributed by atoms with Crippen molar-refractivity contribution in [3.05, 3.63) is 24.3 Å². The minimum Gasteiger partial charge on any atom is -0.395 e. The van der Waals surface area contributed by atoms with Crippen LogP contribution in [0.1, 0.15) is 0 Å². The number of hydrogen-bond donors (Lipinski definition) is 2. The number of nitrogens with zero attached hydrogens (tertiary/aromatic N) is 1. The van der Waals surface area contributed by atoms with Crippen molar-refractivity contribution in [1.82, 2.24) is 4.72 Å². The molecule has 0 spiro atoms. The molecule has 0 fully saturated rings. The SMILES string of the molecule is O=S(=O)(NCCO)c1ccc(N=C=S)cc1. The molecule has 0 aromatic heterocycles. The van der Waals surface area contributed by atoms with Crippen molar-refractivity contribution >= 4 is 33.1 Å². The van der Waals surface area contributed by atoms with Crippen LogP contribution in [0, 0.1) is 0 Å². The fourth-order valence-corrected chi connectivity index (χ4v) is 2.14. The number of aliphatic imine (C=N–C) groups is 1. The van der Waals surface area contributed by atoms with Crippen LogP contribution in [0.2, 0.25) is 0 Å². The van der Waals surface area contributed by atoms with Gasteiger partial charge in [-0.2, -0.15) is 4.99 Å². The Morgan fingerprint density at radius 1 is 1.38 bits per heavy atom. The van der Waals surface area contributed by atoms with E-state index >= 15 is 0 Å². The zero-order chi connectivity index (χ0) is 12.0. The van der Waals surface area contributed by atoms with E-state index in [1.807, 2.05) is 0 Å². The quantitative estimate of drug-likeness (QED) is 0.601. The molecule has 0 bridgehead atoms. The fraction of sp³-hybridized carbons (Fsp3) is 0.222. The molecule has 7 heteroatoms. The van der Waals surface area contributed by atoms with E-state index in [-0.39, 0.29) is 18.0 Å². The molecule has 16 heavy (non-hydrogen) atoms. The highest BCUT2D eigenvalue weighted by Gasteiger charge is 2.12. The number of thiocarbonyl (C=S) groups is 1. The Morgan fingerprint density at radius 2 is 2.00 bits per heavy atom. The van der Waals surface area contributed by atoms with Crippen LogP contribution >= 0.6 is 12.2 Å². The van der Waals surface area contributed by atoms with E-state index in [0.717, 1.165) is 0 Å². The first kappa shape index (κ1) is 13.0. The normalized spacial score (nSPS) is 10.8. The first-order valence-electron chi connectivity index (χ1n) is 4.38. The average Bonchev–Trinajstić information content (AvgIpc) is 2.28. The molecule has 1 aromatic rings. The van der Waals surface area contributed by atoms with Gasteiger partial charge < -0.3 is 5.11 Å². The van der Waals surface area contributed by atoms with Gasteiger partial charge in [-0.05, 0) is 36.5 Å². The van der Waals surface area contributed by atoms with Gasteiger partial charge in [0.05, 0.1) is 22.4 Å². The van der Waals surface area contributed by atoms with Gasteiger partial charge in [0.2, 0.25) is 10.0 Å². The maximum absolute atomic E-state index is 11.6. The van der Waals surface area contributed by atoms with Crippen molar-refractivity contribution in [3.8, 4) is 0 Å². The Hall–Kier alpha value is -1.11. The van der Waals surface area contributed by atoms with Crippen LogP contribution in [0.4, 0.5) is 5.69 Å². The van der Waals surface area contributed by atoms with E-state index in [0.29, 0.717) is 5.69 Å². The summed E-state index contributed by atoms with van der Waals surface area (Å²) in [5, 5.41) is 10.7. The van der Waals surface area contributed by atoms with Crippen LogP contribution < -0.4 is 4.72 Å². The van der Waals surface area contributed by atoms with Crippen LogP contribution in [-0.4, -0.2) is 31.8 Å². The minimum atomic E-state index is -3.55. The summed E-state index contributed by atoms with van der Waals surface area (Å²) in [7, 11) is -3.55. The second-order valence-electron chi connectivity index (χ2n) is 2.82. The smallest absolute Gasteiger partial charge is 0.240 e. The third kappa shape index (κ3) is 3.48. The van der Waals surface area contributed by atoms with E-state index in [2.05, 4.69) is 27.1 Å². The van der Waals surface area contributed by atoms with Crippen molar-refractivity contribution in [1.29, 1.82) is 0 Å². The number of aliphatic hydroxyl groups excluding tert-OH is 1. The number of aliphatic hydroxyl groups is 1. The topological polar surface area (TPSA) is 78.8 Å². The summed E-state index contributed by atoms with van der Waals surface area (Å²) < 4.78 is 25.4. The van der Waals surface area contributed by atoms with E-state index < -0.39 is 10.0 Å². The minimum absolute atomic E-state index is 0.0117. The fourth-order valence-electron chi connectivity index (χ4n) is 1.02. The van der Waals surface area contributed by atoms with Crippen molar-refractivity contribution in [2.24, 2.45) is 4.99 Å². The lowest BCUT2D eigenvalue weighted by Gasteiger charge is -2.04. The van der Waals surface area contributed by atoms with Gasteiger partial charge in [0.25, 0.3) is 0 Å². The van der Waals surface area contributed by atoms with Crippen molar-refractivity contribution in [2.45, 2.75) is 4.90 Å². The average molecular weight is 258 g/mol. The van der Waals surface area contributed by atoms with Crippen LogP contribution in [0.25, 0.3) is 0 Å². The molecule has 0 saturated heterocycles. The Bertz CT molecular complexity index is 490. The lowest BCUT2D eigenvalue weighted by molar-refractivity contribution is 0.301. The standard InChI is InChI=1S/C9H10N2O3S2/c12-6-5-11-16(13,14)9-3-1-8(2-4-9)10-7-15/h1-4,11-12H,5-6H2. The summed E-state index contributed by atoms with van der Waals surface area (Å²) in [6.07, 6.45) is 0. The highest BCUT2D eigenvalue weighted by atomic mass is 32.2.